The summed E-state index contributed by atoms with van der Waals surface area (Å²) in [5, 5.41) is 16.6. The molecule has 2 aliphatic rings. The van der Waals surface area contributed by atoms with Gasteiger partial charge in [0.15, 0.2) is 17.3 Å². The Morgan fingerprint density at radius 3 is 2.65 bits per heavy atom. The van der Waals surface area contributed by atoms with E-state index in [0.29, 0.717) is 6.79 Å². The van der Waals surface area contributed by atoms with Gasteiger partial charge in [0, 0.05) is 17.1 Å². The van der Waals surface area contributed by atoms with Crippen molar-refractivity contribution in [2.75, 3.05) is 12.5 Å². The van der Waals surface area contributed by atoms with Crippen LogP contribution in [0.4, 0.5) is 0 Å². The third-order valence-corrected chi connectivity index (χ3v) is 7.18. The first-order valence-electron chi connectivity index (χ1n) is 10.0. The van der Waals surface area contributed by atoms with Crippen molar-refractivity contribution in [2.24, 2.45) is 5.10 Å². The lowest BCUT2D eigenvalue weighted by atomic mass is 10.1. The molecule has 0 saturated carbocycles. The second-order valence-corrected chi connectivity index (χ2v) is 9.18. The number of aromatic nitrogens is 3. The average molecular weight is 447 g/mol. The van der Waals surface area contributed by atoms with Crippen molar-refractivity contribution in [1.82, 2.24) is 14.9 Å². The number of fused-ring (bicyclic) bond motifs is 2. The Morgan fingerprint density at radius 2 is 1.77 bits per heavy atom. The van der Waals surface area contributed by atoms with Crippen LogP contribution < -0.4 is 9.47 Å². The summed E-state index contributed by atoms with van der Waals surface area (Å²) in [7, 11) is 0. The molecular formula is C23H18N4O2S2. The van der Waals surface area contributed by atoms with Crippen LogP contribution in [0, 0.1) is 0 Å². The van der Waals surface area contributed by atoms with Gasteiger partial charge < -0.3 is 9.47 Å². The number of nitrogens with zero attached hydrogens (tertiary/aromatic N) is 4. The van der Waals surface area contributed by atoms with Crippen LogP contribution in [-0.4, -0.2) is 33.1 Å². The van der Waals surface area contributed by atoms with Crippen LogP contribution in [0.25, 0.3) is 10.4 Å². The average Bonchev–Trinajstić information content (AvgIpc) is 3.58. The van der Waals surface area contributed by atoms with Gasteiger partial charge in [-0.2, -0.15) is 9.78 Å². The third-order valence-electron chi connectivity index (χ3n) is 5.33. The molecule has 0 N–H and O–H groups in total. The lowest BCUT2D eigenvalue weighted by Gasteiger charge is -2.14. The van der Waals surface area contributed by atoms with E-state index in [9.17, 15) is 0 Å². The molecule has 2 aromatic carbocycles. The lowest BCUT2D eigenvalue weighted by molar-refractivity contribution is 0.174. The summed E-state index contributed by atoms with van der Waals surface area (Å²) in [5.74, 6) is 3.27. The maximum absolute atomic E-state index is 5.48. The Hall–Kier alpha value is -3.10. The largest absolute Gasteiger partial charge is 0.454 e. The predicted octanol–water partition coefficient (Wildman–Crippen LogP) is 4.88. The van der Waals surface area contributed by atoms with Crippen molar-refractivity contribution < 1.29 is 9.47 Å². The van der Waals surface area contributed by atoms with Crippen molar-refractivity contribution in [1.29, 1.82) is 0 Å². The summed E-state index contributed by atoms with van der Waals surface area (Å²) < 4.78 is 12.8. The Bertz CT molecular complexity index is 1260. The highest BCUT2D eigenvalue weighted by Crippen LogP contribution is 2.33. The molecule has 2 aliphatic heterocycles. The van der Waals surface area contributed by atoms with Crippen molar-refractivity contribution >= 4 is 28.8 Å². The fourth-order valence-corrected chi connectivity index (χ4v) is 5.28. The zero-order valence-electron chi connectivity index (χ0n) is 16.5. The molecule has 0 amide bonds. The molecule has 0 aliphatic carbocycles. The predicted molar refractivity (Wildman–Crippen MR) is 122 cm³/mol. The summed E-state index contributed by atoms with van der Waals surface area (Å²) in [6.07, 6.45) is 1.58. The highest BCUT2D eigenvalue weighted by molar-refractivity contribution is 7.99. The van der Waals surface area contributed by atoms with Gasteiger partial charge in [-0.25, -0.2) is 0 Å². The lowest BCUT2D eigenvalue weighted by Crippen LogP contribution is -2.15. The van der Waals surface area contributed by atoms with E-state index in [4.69, 9.17) is 14.6 Å². The van der Waals surface area contributed by atoms with E-state index < -0.39 is 0 Å². The first-order valence-corrected chi connectivity index (χ1v) is 11.9. The summed E-state index contributed by atoms with van der Waals surface area (Å²) in [6.45, 7) is 0.291. The maximum Gasteiger partial charge on any atom is 0.231 e. The first-order chi connectivity index (χ1) is 15.3. The fraction of sp³-hybridized carbons (Fsp3) is 0.174. The normalized spacial score (nSPS) is 14.4. The number of aryl methyl sites for hydroxylation is 2. The summed E-state index contributed by atoms with van der Waals surface area (Å²) in [4.78, 5) is 1.28. The molecule has 0 spiro atoms. The van der Waals surface area contributed by atoms with Gasteiger partial charge in [0.25, 0.3) is 0 Å². The van der Waals surface area contributed by atoms with Crippen molar-refractivity contribution in [2.45, 2.75) is 18.0 Å². The zero-order valence-corrected chi connectivity index (χ0v) is 18.2. The smallest absolute Gasteiger partial charge is 0.231 e. The van der Waals surface area contributed by atoms with Gasteiger partial charge in [0.05, 0.1) is 5.71 Å². The first kappa shape index (κ1) is 18.7. The van der Waals surface area contributed by atoms with Gasteiger partial charge in [0.2, 0.25) is 11.9 Å². The molecule has 0 atom stereocenters. The molecule has 6 nitrogen and oxygen atoms in total. The van der Waals surface area contributed by atoms with E-state index in [2.05, 4.69) is 58.0 Å². The minimum Gasteiger partial charge on any atom is -0.454 e. The molecular weight excluding hydrogens is 428 g/mol. The van der Waals surface area contributed by atoms with Gasteiger partial charge in [-0.3, -0.25) is 0 Å². The fourth-order valence-electron chi connectivity index (χ4n) is 3.69. The topological polar surface area (TPSA) is 61.5 Å². The monoisotopic (exact) mass is 446 g/mol. The Balaban J connectivity index is 1.22. The van der Waals surface area contributed by atoms with E-state index in [1.165, 1.54) is 16.0 Å². The summed E-state index contributed by atoms with van der Waals surface area (Å²) in [6, 6.07) is 18.9. The number of benzene rings is 2. The van der Waals surface area contributed by atoms with E-state index >= 15 is 0 Å². The molecule has 0 unspecified atom stereocenters. The molecule has 6 rings (SSSR count). The SMILES string of the molecule is c1csc(-c2ccc(C3=Nn4c(CCc5ccc6c(c5)OCO6)nnc4SC3)cc2)c1. The van der Waals surface area contributed by atoms with Crippen LogP contribution in [0.15, 0.2) is 70.2 Å². The maximum atomic E-state index is 5.48. The summed E-state index contributed by atoms with van der Waals surface area (Å²) >= 11 is 3.43. The Morgan fingerprint density at radius 1 is 0.903 bits per heavy atom. The molecule has 4 heterocycles. The molecule has 0 bridgehead atoms. The highest BCUT2D eigenvalue weighted by atomic mass is 32.2. The van der Waals surface area contributed by atoms with E-state index in [1.54, 1.807) is 23.1 Å². The van der Waals surface area contributed by atoms with Crippen molar-refractivity contribution in [3.05, 3.63) is 76.9 Å². The minimum absolute atomic E-state index is 0.291. The second kappa shape index (κ2) is 7.86. The summed E-state index contributed by atoms with van der Waals surface area (Å²) in [5.41, 5.74) is 4.59. The van der Waals surface area contributed by atoms with Crippen LogP contribution in [0.2, 0.25) is 0 Å². The molecule has 0 saturated heterocycles. The van der Waals surface area contributed by atoms with Crippen LogP contribution in [-0.2, 0) is 12.8 Å². The van der Waals surface area contributed by atoms with Crippen LogP contribution >= 0.6 is 23.1 Å². The van der Waals surface area contributed by atoms with Crippen LogP contribution in [0.1, 0.15) is 17.0 Å². The Labute approximate surface area is 187 Å². The minimum atomic E-state index is 0.291. The number of rotatable bonds is 5. The van der Waals surface area contributed by atoms with E-state index in [0.717, 1.165) is 52.3 Å². The highest BCUT2D eigenvalue weighted by Gasteiger charge is 2.20. The van der Waals surface area contributed by atoms with Gasteiger partial charge in [-0.15, -0.1) is 21.5 Å². The molecule has 2 aromatic heterocycles. The molecule has 31 heavy (non-hydrogen) atoms. The molecule has 4 aromatic rings. The van der Waals surface area contributed by atoms with Gasteiger partial charge in [-0.1, -0.05) is 48.2 Å². The third kappa shape index (κ3) is 3.62. The number of hydrogen-bond acceptors (Lipinski definition) is 7. The van der Waals surface area contributed by atoms with E-state index in [1.807, 2.05) is 16.8 Å². The molecule has 154 valence electrons. The zero-order chi connectivity index (χ0) is 20.6. The van der Waals surface area contributed by atoms with Gasteiger partial charge in [-0.05, 0) is 46.7 Å². The molecule has 0 radical (unpaired) electrons. The standard InChI is InChI=1S/C23H18N4O2S2/c1-2-21(30-11-1)17-7-5-16(6-8-17)18-13-31-23-25-24-22(27(23)26-18)10-4-15-3-9-19-20(12-15)29-14-28-19/h1-3,5-9,11-12H,4,10,13-14H2. The van der Waals surface area contributed by atoms with Crippen molar-refractivity contribution in [3.63, 3.8) is 0 Å². The van der Waals surface area contributed by atoms with Gasteiger partial charge >= 0.3 is 0 Å². The number of ether oxygens (including phenoxy) is 2. The molecule has 8 heteroatoms. The number of thioether (sulfide) groups is 1. The van der Waals surface area contributed by atoms with Crippen LogP contribution in [0.5, 0.6) is 11.5 Å². The quantitative estimate of drug-likeness (QED) is 0.437. The van der Waals surface area contributed by atoms with Gasteiger partial charge in [0.1, 0.15) is 0 Å². The molecule has 0 fully saturated rings. The number of thiophene rings is 1. The Kier molecular flexibility index (Phi) is 4.73. The van der Waals surface area contributed by atoms with E-state index in [-0.39, 0.29) is 0 Å². The van der Waals surface area contributed by atoms with Crippen molar-refractivity contribution in [3.8, 4) is 21.9 Å². The number of hydrogen-bond donors (Lipinski definition) is 0. The second-order valence-electron chi connectivity index (χ2n) is 7.29. The van der Waals surface area contributed by atoms with Crippen LogP contribution in [0.3, 0.4) is 0 Å².